The van der Waals surface area contributed by atoms with Gasteiger partial charge < -0.3 is 20.6 Å². The molecule has 43 heavy (non-hydrogen) atoms. The Bertz CT molecular complexity index is 1230. The number of thiazole rings is 1. The summed E-state index contributed by atoms with van der Waals surface area (Å²) in [7, 11) is 0.422. The third kappa shape index (κ3) is 8.91. The van der Waals surface area contributed by atoms with Crippen molar-refractivity contribution in [1.29, 1.82) is 0 Å². The third-order valence-electron chi connectivity index (χ3n) is 9.01. The summed E-state index contributed by atoms with van der Waals surface area (Å²) in [5, 5.41) is 16.7. The fourth-order valence-corrected chi connectivity index (χ4v) is 7.23. The largest absolute Gasteiger partial charge is 0.391 e. The van der Waals surface area contributed by atoms with Gasteiger partial charge in [0.1, 0.15) is 12.1 Å². The van der Waals surface area contributed by atoms with Crippen LogP contribution in [0.1, 0.15) is 103 Å². The molecule has 3 N–H and O–H groups in total. The maximum Gasteiger partial charge on any atom is 0.246 e. The van der Waals surface area contributed by atoms with Crippen molar-refractivity contribution in [3.8, 4) is 10.4 Å². The number of carbonyl (C=O) groups excluding carboxylic acids is 3. The standard InChI is InChI=1S/C33H49BN4O4S/c1-21(23-14-16-24(17-15-23)28-22(2)35-20-43-28)36-30(40)27-18-26(39)19-38(27)31(41)29(33(3,4)5)37-32(42)34-25-12-10-8-6-7-9-11-13-25/h14-17,20-21,25-27,29,34,39H,6-13,18-19H2,1-5H3,(H,36,40)(H,37,42)/t21-,26+,27-,29?/m0/s1. The van der Waals surface area contributed by atoms with Gasteiger partial charge in [-0.25, -0.2) is 4.98 Å². The Morgan fingerprint density at radius 3 is 2.23 bits per heavy atom. The zero-order valence-corrected chi connectivity index (χ0v) is 27.3. The maximum absolute atomic E-state index is 14.0. The van der Waals surface area contributed by atoms with Gasteiger partial charge >= 0.3 is 0 Å². The first-order chi connectivity index (χ1) is 20.4. The minimum Gasteiger partial charge on any atom is -0.391 e. The molecule has 10 heteroatoms. The number of aryl methyl sites for hydroxylation is 1. The molecule has 234 valence electrons. The highest BCUT2D eigenvalue weighted by atomic mass is 32.1. The zero-order chi connectivity index (χ0) is 31.1. The van der Waals surface area contributed by atoms with Gasteiger partial charge in [-0.15, -0.1) is 11.3 Å². The molecule has 1 aromatic heterocycles. The average molecular weight is 609 g/mol. The van der Waals surface area contributed by atoms with Crippen LogP contribution in [0.25, 0.3) is 10.4 Å². The van der Waals surface area contributed by atoms with Crippen molar-refractivity contribution in [2.45, 2.75) is 122 Å². The molecule has 2 heterocycles. The second-order valence-electron chi connectivity index (χ2n) is 13.7. The van der Waals surface area contributed by atoms with Gasteiger partial charge in [-0.2, -0.15) is 0 Å². The monoisotopic (exact) mass is 608 g/mol. The lowest BCUT2D eigenvalue weighted by Gasteiger charge is -2.36. The minimum atomic E-state index is -0.805. The number of hydrogen-bond acceptors (Lipinski definition) is 6. The number of aliphatic hydroxyl groups is 1. The van der Waals surface area contributed by atoms with Gasteiger partial charge in [0.2, 0.25) is 19.1 Å². The van der Waals surface area contributed by atoms with E-state index in [9.17, 15) is 19.5 Å². The second kappa shape index (κ2) is 14.8. The van der Waals surface area contributed by atoms with E-state index < -0.39 is 23.6 Å². The number of likely N-dealkylation sites (tertiary alicyclic amines) is 1. The summed E-state index contributed by atoms with van der Waals surface area (Å²) in [5.74, 6) is -0.389. The molecule has 0 bridgehead atoms. The Labute approximate surface area is 261 Å². The lowest BCUT2D eigenvalue weighted by atomic mass is 9.59. The van der Waals surface area contributed by atoms with E-state index in [1.165, 1.54) is 30.6 Å². The lowest BCUT2D eigenvalue weighted by molar-refractivity contribution is -0.142. The molecule has 3 amide bonds. The van der Waals surface area contributed by atoms with E-state index in [1.807, 2.05) is 64.4 Å². The molecular weight excluding hydrogens is 559 g/mol. The Morgan fingerprint density at radius 2 is 1.65 bits per heavy atom. The van der Waals surface area contributed by atoms with E-state index in [1.54, 1.807) is 11.3 Å². The summed E-state index contributed by atoms with van der Waals surface area (Å²) < 4.78 is 0. The number of β-amino-alcohol motifs (C(OH)–C–C–N with tert-alkyl or cyclic N) is 1. The van der Waals surface area contributed by atoms with Gasteiger partial charge in [0.15, 0.2) is 5.81 Å². The van der Waals surface area contributed by atoms with Crippen LogP contribution in [0.3, 0.4) is 0 Å². The first-order valence-electron chi connectivity index (χ1n) is 16.0. The quantitative estimate of drug-likeness (QED) is 0.331. The smallest absolute Gasteiger partial charge is 0.246 e. The predicted octanol–water partition coefficient (Wildman–Crippen LogP) is 5.74. The molecule has 0 spiro atoms. The Kier molecular flexibility index (Phi) is 11.5. The third-order valence-corrected chi connectivity index (χ3v) is 9.99. The van der Waals surface area contributed by atoms with Crippen LogP contribution in [-0.2, 0) is 9.59 Å². The molecule has 0 radical (unpaired) electrons. The first-order valence-corrected chi connectivity index (χ1v) is 16.9. The van der Waals surface area contributed by atoms with Crippen LogP contribution >= 0.6 is 11.3 Å². The lowest BCUT2D eigenvalue weighted by Crippen LogP contribution is -2.58. The number of benzene rings is 1. The summed E-state index contributed by atoms with van der Waals surface area (Å²) in [6.07, 6.45) is 8.75. The van der Waals surface area contributed by atoms with E-state index in [-0.39, 0.29) is 36.6 Å². The molecule has 8 nitrogen and oxygen atoms in total. The first kappa shape index (κ1) is 33.2. The van der Waals surface area contributed by atoms with Crippen molar-refractivity contribution < 1.29 is 19.5 Å². The summed E-state index contributed by atoms with van der Waals surface area (Å²) >= 11 is 1.60. The van der Waals surface area contributed by atoms with Crippen molar-refractivity contribution in [1.82, 2.24) is 20.5 Å². The van der Waals surface area contributed by atoms with Crippen molar-refractivity contribution in [2.75, 3.05) is 6.54 Å². The van der Waals surface area contributed by atoms with Crippen LogP contribution in [0.5, 0.6) is 0 Å². The summed E-state index contributed by atoms with van der Waals surface area (Å²) in [5.41, 5.74) is 4.29. The molecule has 2 aliphatic rings. The molecule has 2 fully saturated rings. The highest BCUT2D eigenvalue weighted by Gasteiger charge is 2.44. The fraction of sp³-hybridized carbons (Fsp3) is 0.636. The molecule has 1 aliphatic heterocycles. The number of aromatic nitrogens is 1. The number of nitrogens with zero attached hydrogens (tertiary/aromatic N) is 2. The zero-order valence-electron chi connectivity index (χ0n) is 26.5. The van der Waals surface area contributed by atoms with E-state index in [4.69, 9.17) is 0 Å². The molecule has 2 aromatic rings. The molecule has 1 unspecified atom stereocenters. The highest BCUT2D eigenvalue weighted by molar-refractivity contribution is 7.13. The van der Waals surface area contributed by atoms with Gasteiger partial charge in [0, 0.05) is 13.0 Å². The minimum absolute atomic E-state index is 0.0687. The number of amides is 3. The van der Waals surface area contributed by atoms with Crippen LogP contribution in [-0.4, -0.2) is 64.6 Å². The number of nitrogens with one attached hydrogen (secondary N) is 2. The Morgan fingerprint density at radius 1 is 1.02 bits per heavy atom. The number of aliphatic hydroxyl groups excluding tert-OH is 1. The normalized spacial score (nSPS) is 21.7. The van der Waals surface area contributed by atoms with Gasteiger partial charge in [-0.3, -0.25) is 14.4 Å². The van der Waals surface area contributed by atoms with E-state index >= 15 is 0 Å². The van der Waals surface area contributed by atoms with Crippen molar-refractivity contribution >= 4 is 36.2 Å². The maximum atomic E-state index is 14.0. The number of carbonyl (C=O) groups is 3. The molecule has 1 saturated heterocycles. The van der Waals surface area contributed by atoms with Crippen molar-refractivity contribution in [2.24, 2.45) is 5.41 Å². The van der Waals surface area contributed by atoms with Gasteiger partial charge in [0.25, 0.3) is 0 Å². The molecule has 1 aliphatic carbocycles. The number of hydrogen-bond donors (Lipinski definition) is 3. The van der Waals surface area contributed by atoms with Gasteiger partial charge in [-0.05, 0) is 30.4 Å². The second-order valence-corrected chi connectivity index (χ2v) is 14.5. The van der Waals surface area contributed by atoms with Gasteiger partial charge in [0.05, 0.1) is 28.2 Å². The topological polar surface area (TPSA) is 112 Å². The van der Waals surface area contributed by atoms with Crippen LogP contribution in [0.2, 0.25) is 5.82 Å². The van der Waals surface area contributed by atoms with E-state index in [0.29, 0.717) is 13.1 Å². The molecule has 4 rings (SSSR count). The van der Waals surface area contributed by atoms with E-state index in [2.05, 4.69) is 15.6 Å². The van der Waals surface area contributed by atoms with Crippen LogP contribution in [0, 0.1) is 12.3 Å². The van der Waals surface area contributed by atoms with Crippen LogP contribution < -0.4 is 10.6 Å². The Balaban J connectivity index is 1.41. The van der Waals surface area contributed by atoms with Crippen molar-refractivity contribution in [3.05, 3.63) is 41.0 Å². The summed E-state index contributed by atoms with van der Waals surface area (Å²) in [6, 6.07) is 6.16. The van der Waals surface area contributed by atoms with Crippen LogP contribution in [0.4, 0.5) is 4.79 Å². The molecule has 4 atom stereocenters. The Hall–Kier alpha value is -2.72. The van der Waals surface area contributed by atoms with Crippen molar-refractivity contribution in [3.63, 3.8) is 0 Å². The SMILES string of the molecule is Cc1ncsc1-c1ccc([C@H](C)NC(=O)[C@@H]2C[C@@H](O)CN2C(=O)C(NC(=O)BC2CCCCCCCC2)C(C)(C)C)cc1. The summed E-state index contributed by atoms with van der Waals surface area (Å²) in [4.78, 5) is 47.7. The number of rotatable bonds is 8. The van der Waals surface area contributed by atoms with E-state index in [0.717, 1.165) is 47.4 Å². The predicted molar refractivity (Wildman–Crippen MR) is 175 cm³/mol. The average Bonchev–Trinajstić information content (AvgIpc) is 3.59. The fourth-order valence-electron chi connectivity index (χ4n) is 6.42. The van der Waals surface area contributed by atoms with Crippen LogP contribution in [0.15, 0.2) is 29.8 Å². The molecule has 1 saturated carbocycles. The van der Waals surface area contributed by atoms with Gasteiger partial charge in [-0.1, -0.05) is 102 Å². The molecule has 1 aromatic carbocycles. The highest BCUT2D eigenvalue weighted by Crippen LogP contribution is 2.30. The summed E-state index contributed by atoms with van der Waals surface area (Å²) in [6.45, 7) is 9.75. The molecular formula is C33H49BN4O4S.